The first-order valence-corrected chi connectivity index (χ1v) is 11.3. The smallest absolute Gasteiger partial charge is 0.245 e. The Bertz CT molecular complexity index is 924. The number of halogens is 2. The summed E-state index contributed by atoms with van der Waals surface area (Å²) in [6, 6.07) is 4.85. The van der Waals surface area contributed by atoms with Crippen LogP contribution in [0.5, 0.6) is 0 Å². The molecule has 4 rings (SSSR count). The fourth-order valence-corrected chi connectivity index (χ4v) is 4.73. The highest BCUT2D eigenvalue weighted by Crippen LogP contribution is 2.31. The average Bonchev–Trinajstić information content (AvgIpc) is 3.44. The Hall–Kier alpha value is -2.05. The number of nitrogens with zero attached hydrogens (tertiary/aromatic N) is 3. The molecule has 1 unspecified atom stereocenters. The Balaban J connectivity index is 1.39. The Kier molecular flexibility index (Phi) is 6.64. The van der Waals surface area contributed by atoms with E-state index in [0.29, 0.717) is 40.2 Å². The number of amides is 2. The molecule has 6 nitrogen and oxygen atoms in total. The average molecular weight is 450 g/mol. The second-order valence-corrected chi connectivity index (χ2v) is 8.72. The number of oxazole rings is 1. The van der Waals surface area contributed by atoms with Crippen LogP contribution in [0.15, 0.2) is 28.8 Å². The van der Waals surface area contributed by atoms with Gasteiger partial charge < -0.3 is 14.2 Å². The van der Waals surface area contributed by atoms with Crippen molar-refractivity contribution < 1.29 is 14.0 Å². The van der Waals surface area contributed by atoms with Crippen LogP contribution >= 0.6 is 23.2 Å². The first-order valence-electron chi connectivity index (χ1n) is 10.5. The van der Waals surface area contributed by atoms with Crippen molar-refractivity contribution in [1.29, 1.82) is 0 Å². The fraction of sp³-hybridized carbons (Fsp3) is 0.500. The van der Waals surface area contributed by atoms with Gasteiger partial charge in [0.2, 0.25) is 11.8 Å². The molecule has 2 aliphatic heterocycles. The highest BCUT2D eigenvalue weighted by atomic mass is 35.5. The van der Waals surface area contributed by atoms with Crippen LogP contribution in [0.25, 0.3) is 11.3 Å². The van der Waals surface area contributed by atoms with Gasteiger partial charge in [-0.1, -0.05) is 23.2 Å². The lowest BCUT2D eigenvalue weighted by atomic mass is 10.00. The van der Waals surface area contributed by atoms with Crippen molar-refractivity contribution in [2.75, 3.05) is 19.6 Å². The molecule has 0 radical (unpaired) electrons. The van der Waals surface area contributed by atoms with Gasteiger partial charge in [-0.15, -0.1) is 0 Å². The second-order valence-electron chi connectivity index (χ2n) is 7.87. The van der Waals surface area contributed by atoms with E-state index in [2.05, 4.69) is 4.98 Å². The van der Waals surface area contributed by atoms with Crippen LogP contribution in [0.3, 0.4) is 0 Å². The largest absolute Gasteiger partial charge is 0.441 e. The standard InChI is InChI=1S/C22H25Cl2N3O3/c23-15-6-7-16(17(24)13-15)19-14-25-20(30-19)8-9-21(28)27-12-2-1-5-18(27)22(29)26-10-3-4-11-26/h6-7,13-14,18H,1-5,8-12H2. The lowest BCUT2D eigenvalue weighted by Gasteiger charge is -2.36. The highest BCUT2D eigenvalue weighted by Gasteiger charge is 2.35. The number of hydrogen-bond acceptors (Lipinski definition) is 4. The molecule has 0 aliphatic carbocycles. The number of carbonyl (C=O) groups is 2. The van der Waals surface area contributed by atoms with Crippen molar-refractivity contribution in [3.8, 4) is 11.3 Å². The van der Waals surface area contributed by atoms with Crippen LogP contribution in [0.1, 0.15) is 44.4 Å². The molecule has 0 saturated carbocycles. The minimum Gasteiger partial charge on any atom is -0.441 e. The molecule has 1 aromatic heterocycles. The van der Waals surface area contributed by atoms with E-state index < -0.39 is 0 Å². The normalized spacial score (nSPS) is 19.3. The van der Waals surface area contributed by atoms with Gasteiger partial charge >= 0.3 is 0 Å². The van der Waals surface area contributed by atoms with Crippen LogP contribution < -0.4 is 0 Å². The fourth-order valence-electron chi connectivity index (χ4n) is 4.23. The van der Waals surface area contributed by atoms with Gasteiger partial charge in [0.1, 0.15) is 6.04 Å². The molecule has 160 valence electrons. The van der Waals surface area contributed by atoms with Crippen LogP contribution in [-0.4, -0.2) is 52.3 Å². The first-order chi connectivity index (χ1) is 14.5. The Labute approximate surface area is 186 Å². The third-order valence-corrected chi connectivity index (χ3v) is 6.38. The van der Waals surface area contributed by atoms with Crippen molar-refractivity contribution in [1.82, 2.24) is 14.8 Å². The van der Waals surface area contributed by atoms with Crippen molar-refractivity contribution in [2.45, 2.75) is 51.0 Å². The molecule has 2 fully saturated rings. The number of hydrogen-bond donors (Lipinski definition) is 0. The lowest BCUT2D eigenvalue weighted by Crippen LogP contribution is -2.52. The van der Waals surface area contributed by atoms with E-state index in [9.17, 15) is 9.59 Å². The van der Waals surface area contributed by atoms with Gasteiger partial charge in [-0.2, -0.15) is 0 Å². The minimum absolute atomic E-state index is 0.0171. The summed E-state index contributed by atoms with van der Waals surface area (Å²) in [4.78, 5) is 33.8. The van der Waals surface area contributed by atoms with Gasteiger partial charge in [-0.25, -0.2) is 4.98 Å². The topological polar surface area (TPSA) is 66.7 Å². The summed E-state index contributed by atoms with van der Waals surface area (Å²) in [7, 11) is 0. The van der Waals surface area contributed by atoms with E-state index in [1.54, 1.807) is 29.3 Å². The Morgan fingerprint density at radius 1 is 1.10 bits per heavy atom. The minimum atomic E-state index is -0.322. The molecule has 3 heterocycles. The van der Waals surface area contributed by atoms with E-state index in [0.717, 1.165) is 45.2 Å². The predicted octanol–water partition coefficient (Wildman–Crippen LogP) is 4.58. The zero-order valence-corrected chi connectivity index (χ0v) is 18.3. The summed E-state index contributed by atoms with van der Waals surface area (Å²) in [5.74, 6) is 1.11. The van der Waals surface area contributed by atoms with E-state index in [1.807, 2.05) is 4.90 Å². The molecule has 0 spiro atoms. The number of aromatic nitrogens is 1. The Morgan fingerprint density at radius 3 is 2.63 bits per heavy atom. The van der Waals surface area contributed by atoms with Crippen LogP contribution in [0, 0.1) is 0 Å². The number of carbonyl (C=O) groups excluding carboxylic acids is 2. The van der Waals surface area contributed by atoms with Crippen molar-refractivity contribution in [3.63, 3.8) is 0 Å². The van der Waals surface area contributed by atoms with Gasteiger partial charge in [0.25, 0.3) is 0 Å². The molecular formula is C22H25Cl2N3O3. The van der Waals surface area contributed by atoms with Gasteiger partial charge in [0.15, 0.2) is 11.7 Å². The van der Waals surface area contributed by atoms with Crippen LogP contribution in [-0.2, 0) is 16.0 Å². The molecule has 1 atom stereocenters. The monoisotopic (exact) mass is 449 g/mol. The summed E-state index contributed by atoms with van der Waals surface area (Å²) in [5.41, 5.74) is 0.707. The molecule has 2 saturated heterocycles. The van der Waals surface area contributed by atoms with Gasteiger partial charge in [-0.3, -0.25) is 9.59 Å². The summed E-state index contributed by atoms with van der Waals surface area (Å²) in [6.07, 6.45) is 7.03. The molecular weight excluding hydrogens is 425 g/mol. The zero-order valence-electron chi connectivity index (χ0n) is 16.8. The summed E-state index contributed by atoms with van der Waals surface area (Å²) >= 11 is 12.2. The second kappa shape index (κ2) is 9.40. The Morgan fingerprint density at radius 2 is 1.87 bits per heavy atom. The highest BCUT2D eigenvalue weighted by molar-refractivity contribution is 6.36. The zero-order chi connectivity index (χ0) is 21.1. The summed E-state index contributed by atoms with van der Waals surface area (Å²) in [6.45, 7) is 2.26. The van der Waals surface area contributed by atoms with Gasteiger partial charge in [0.05, 0.1) is 11.2 Å². The first kappa shape index (κ1) is 21.2. The number of piperidine rings is 1. The molecule has 2 aliphatic rings. The summed E-state index contributed by atoms with van der Waals surface area (Å²) in [5, 5.41) is 1.03. The number of rotatable bonds is 5. The summed E-state index contributed by atoms with van der Waals surface area (Å²) < 4.78 is 5.80. The predicted molar refractivity (Wildman–Crippen MR) is 115 cm³/mol. The maximum atomic E-state index is 12.9. The van der Waals surface area contributed by atoms with Crippen molar-refractivity contribution in [2.24, 2.45) is 0 Å². The molecule has 8 heteroatoms. The molecule has 2 amide bonds. The van der Waals surface area contributed by atoms with E-state index in [4.69, 9.17) is 27.6 Å². The molecule has 30 heavy (non-hydrogen) atoms. The molecule has 2 aromatic rings. The molecule has 0 bridgehead atoms. The van der Waals surface area contributed by atoms with Crippen LogP contribution in [0.2, 0.25) is 10.0 Å². The van der Waals surface area contributed by atoms with E-state index >= 15 is 0 Å². The van der Waals surface area contributed by atoms with Crippen molar-refractivity contribution >= 4 is 35.0 Å². The number of benzene rings is 1. The van der Waals surface area contributed by atoms with E-state index in [1.165, 1.54) is 0 Å². The maximum Gasteiger partial charge on any atom is 0.245 e. The van der Waals surface area contributed by atoms with Gasteiger partial charge in [-0.05, 0) is 50.3 Å². The SMILES string of the molecule is O=C(C1CCCCN1C(=O)CCc1ncc(-c2ccc(Cl)cc2Cl)o1)N1CCCC1. The molecule has 0 N–H and O–H groups in total. The third kappa shape index (κ3) is 4.65. The molecule has 1 aromatic carbocycles. The maximum absolute atomic E-state index is 12.9. The number of aryl methyl sites for hydroxylation is 1. The van der Waals surface area contributed by atoms with Gasteiger partial charge in [0, 0.05) is 43.1 Å². The van der Waals surface area contributed by atoms with E-state index in [-0.39, 0.29) is 24.3 Å². The van der Waals surface area contributed by atoms with Crippen LogP contribution in [0.4, 0.5) is 0 Å². The number of likely N-dealkylation sites (tertiary alicyclic amines) is 2. The van der Waals surface area contributed by atoms with Crippen molar-refractivity contribution in [3.05, 3.63) is 40.3 Å². The third-order valence-electron chi connectivity index (χ3n) is 5.83. The quantitative estimate of drug-likeness (QED) is 0.669. The lowest BCUT2D eigenvalue weighted by molar-refractivity contribution is -0.147.